The lowest BCUT2D eigenvalue weighted by molar-refractivity contribution is -0.0246. The van der Waals surface area contributed by atoms with Gasteiger partial charge in [0.05, 0.1) is 30.1 Å². The second kappa shape index (κ2) is 7.98. The molecule has 1 atom stereocenters. The van der Waals surface area contributed by atoms with Crippen LogP contribution in [0.2, 0.25) is 0 Å². The monoisotopic (exact) mass is 379 g/mol. The van der Waals surface area contributed by atoms with Crippen LogP contribution in [0, 0.1) is 6.92 Å². The van der Waals surface area contributed by atoms with Gasteiger partial charge in [0.1, 0.15) is 11.0 Å². The standard InChI is InChI=1S/C21H21N3O2S/c1-15-20(27-14-22-15)21(25)24-10-11-26-19(13-24)18-9-5-8-17(23-18)12-16-6-3-2-4-7-16/h2-9,14,19H,10-13H2,1H3/t19-/m0/s1. The minimum absolute atomic E-state index is 0.0312. The van der Waals surface area contributed by atoms with E-state index in [9.17, 15) is 4.79 Å². The van der Waals surface area contributed by atoms with Crippen LogP contribution >= 0.6 is 11.3 Å². The van der Waals surface area contributed by atoms with Crippen LogP contribution in [0.4, 0.5) is 0 Å². The van der Waals surface area contributed by atoms with Crippen molar-refractivity contribution in [3.63, 3.8) is 0 Å². The van der Waals surface area contributed by atoms with Gasteiger partial charge in [-0.25, -0.2) is 4.98 Å². The highest BCUT2D eigenvalue weighted by Gasteiger charge is 2.28. The number of rotatable bonds is 4. The molecule has 1 fully saturated rings. The van der Waals surface area contributed by atoms with Crippen molar-refractivity contribution in [2.75, 3.05) is 19.7 Å². The lowest BCUT2D eigenvalue weighted by atomic mass is 10.1. The Balaban J connectivity index is 1.49. The number of aromatic nitrogens is 2. The van der Waals surface area contributed by atoms with Gasteiger partial charge in [-0.15, -0.1) is 11.3 Å². The summed E-state index contributed by atoms with van der Waals surface area (Å²) >= 11 is 1.39. The number of carbonyl (C=O) groups is 1. The summed E-state index contributed by atoms with van der Waals surface area (Å²) in [6, 6.07) is 16.3. The van der Waals surface area contributed by atoms with E-state index in [-0.39, 0.29) is 12.0 Å². The van der Waals surface area contributed by atoms with Crippen molar-refractivity contribution in [1.82, 2.24) is 14.9 Å². The molecule has 1 saturated heterocycles. The molecular formula is C21H21N3O2S. The molecule has 0 aliphatic carbocycles. The second-order valence-electron chi connectivity index (χ2n) is 6.59. The summed E-state index contributed by atoms with van der Waals surface area (Å²) in [5.41, 5.74) is 5.61. The van der Waals surface area contributed by atoms with Crippen molar-refractivity contribution in [2.24, 2.45) is 0 Å². The Bertz CT molecular complexity index is 926. The van der Waals surface area contributed by atoms with Gasteiger partial charge in [-0.1, -0.05) is 36.4 Å². The Morgan fingerprint density at radius 2 is 2.07 bits per heavy atom. The number of amides is 1. The molecular weight excluding hydrogens is 358 g/mol. The van der Waals surface area contributed by atoms with E-state index in [1.807, 2.05) is 48.2 Å². The minimum Gasteiger partial charge on any atom is -0.368 e. The predicted octanol–water partition coefficient (Wildman–Crippen LogP) is 3.65. The SMILES string of the molecule is Cc1ncsc1C(=O)N1CCO[C@H](c2cccc(Cc3ccccc3)n2)C1. The summed E-state index contributed by atoms with van der Waals surface area (Å²) < 4.78 is 5.93. The average molecular weight is 379 g/mol. The third-order valence-electron chi connectivity index (χ3n) is 4.68. The number of morpholine rings is 1. The van der Waals surface area contributed by atoms with Gasteiger partial charge in [0, 0.05) is 18.7 Å². The normalized spacial score (nSPS) is 17.1. The number of pyridine rings is 1. The quantitative estimate of drug-likeness (QED) is 0.694. The summed E-state index contributed by atoms with van der Waals surface area (Å²) in [5, 5.41) is 0. The highest BCUT2D eigenvalue weighted by atomic mass is 32.1. The van der Waals surface area contributed by atoms with Crippen molar-refractivity contribution in [3.05, 3.63) is 81.6 Å². The summed E-state index contributed by atoms with van der Waals surface area (Å²) in [6.45, 7) is 3.49. The fraction of sp³-hybridized carbons (Fsp3) is 0.286. The fourth-order valence-corrected chi connectivity index (χ4v) is 4.01. The van der Waals surface area contributed by atoms with Gasteiger partial charge in [-0.05, 0) is 24.6 Å². The molecule has 0 spiro atoms. The zero-order chi connectivity index (χ0) is 18.6. The van der Waals surface area contributed by atoms with Crippen molar-refractivity contribution in [2.45, 2.75) is 19.4 Å². The van der Waals surface area contributed by atoms with Crippen LogP contribution in [0.3, 0.4) is 0 Å². The Labute approximate surface area is 162 Å². The summed E-state index contributed by atoms with van der Waals surface area (Å²) in [5.74, 6) is 0.0312. The van der Waals surface area contributed by atoms with Gasteiger partial charge in [0.2, 0.25) is 0 Å². The van der Waals surface area contributed by atoms with Crippen LogP contribution < -0.4 is 0 Å². The molecule has 6 heteroatoms. The predicted molar refractivity (Wildman–Crippen MR) is 105 cm³/mol. The number of hydrogen-bond acceptors (Lipinski definition) is 5. The van der Waals surface area contributed by atoms with E-state index in [2.05, 4.69) is 17.1 Å². The van der Waals surface area contributed by atoms with Crippen LogP contribution in [0.1, 0.15) is 38.4 Å². The van der Waals surface area contributed by atoms with E-state index in [0.29, 0.717) is 24.6 Å². The Morgan fingerprint density at radius 3 is 2.85 bits per heavy atom. The van der Waals surface area contributed by atoms with Gasteiger partial charge in [0.15, 0.2) is 0 Å². The maximum Gasteiger partial charge on any atom is 0.266 e. The van der Waals surface area contributed by atoms with Crippen LogP contribution in [0.5, 0.6) is 0 Å². The van der Waals surface area contributed by atoms with Gasteiger partial charge >= 0.3 is 0 Å². The summed E-state index contributed by atoms with van der Waals surface area (Å²) in [4.78, 5) is 24.3. The first-order valence-electron chi connectivity index (χ1n) is 9.01. The average Bonchev–Trinajstić information content (AvgIpc) is 3.14. The molecule has 4 rings (SSSR count). The minimum atomic E-state index is -0.202. The van der Waals surface area contributed by atoms with Gasteiger partial charge < -0.3 is 9.64 Å². The van der Waals surface area contributed by atoms with Crippen molar-refractivity contribution >= 4 is 17.2 Å². The number of thiazole rings is 1. The number of benzene rings is 1. The van der Waals surface area contributed by atoms with Crippen molar-refractivity contribution in [1.29, 1.82) is 0 Å². The molecule has 2 aromatic heterocycles. The van der Waals surface area contributed by atoms with Crippen LogP contribution in [-0.4, -0.2) is 40.5 Å². The zero-order valence-electron chi connectivity index (χ0n) is 15.2. The number of ether oxygens (including phenoxy) is 1. The largest absolute Gasteiger partial charge is 0.368 e. The molecule has 0 unspecified atom stereocenters. The molecule has 1 amide bonds. The molecule has 1 aromatic carbocycles. The van der Waals surface area contributed by atoms with Gasteiger partial charge in [-0.2, -0.15) is 0 Å². The topological polar surface area (TPSA) is 55.3 Å². The Kier molecular flexibility index (Phi) is 5.27. The maximum atomic E-state index is 12.8. The first-order chi connectivity index (χ1) is 13.2. The lowest BCUT2D eigenvalue weighted by Gasteiger charge is -2.32. The molecule has 1 aliphatic heterocycles. The highest BCUT2D eigenvalue weighted by Crippen LogP contribution is 2.24. The van der Waals surface area contributed by atoms with Gasteiger partial charge in [-0.3, -0.25) is 9.78 Å². The highest BCUT2D eigenvalue weighted by molar-refractivity contribution is 7.11. The third kappa shape index (κ3) is 4.07. The molecule has 0 saturated carbocycles. The van der Waals surface area contributed by atoms with E-state index in [1.54, 1.807) is 5.51 Å². The molecule has 3 heterocycles. The lowest BCUT2D eigenvalue weighted by Crippen LogP contribution is -2.42. The second-order valence-corrected chi connectivity index (χ2v) is 7.45. The first kappa shape index (κ1) is 17.8. The molecule has 138 valence electrons. The van der Waals surface area contributed by atoms with Crippen LogP contribution in [0.15, 0.2) is 54.0 Å². The van der Waals surface area contributed by atoms with E-state index >= 15 is 0 Å². The van der Waals surface area contributed by atoms with Crippen LogP contribution in [0.25, 0.3) is 0 Å². The molecule has 1 aliphatic rings. The van der Waals surface area contributed by atoms with Gasteiger partial charge in [0.25, 0.3) is 5.91 Å². The molecule has 0 bridgehead atoms. The van der Waals surface area contributed by atoms with Crippen molar-refractivity contribution < 1.29 is 9.53 Å². The van der Waals surface area contributed by atoms with Crippen molar-refractivity contribution in [3.8, 4) is 0 Å². The molecule has 0 radical (unpaired) electrons. The van der Waals surface area contributed by atoms with E-state index in [0.717, 1.165) is 23.5 Å². The third-order valence-corrected chi connectivity index (χ3v) is 5.60. The molecule has 27 heavy (non-hydrogen) atoms. The molecule has 5 nitrogen and oxygen atoms in total. The smallest absolute Gasteiger partial charge is 0.266 e. The number of aryl methyl sites for hydroxylation is 1. The van der Waals surface area contributed by atoms with E-state index in [1.165, 1.54) is 16.9 Å². The molecule has 3 aromatic rings. The number of carbonyl (C=O) groups excluding carboxylic acids is 1. The maximum absolute atomic E-state index is 12.8. The Morgan fingerprint density at radius 1 is 1.22 bits per heavy atom. The van der Waals surface area contributed by atoms with E-state index in [4.69, 9.17) is 9.72 Å². The molecule has 0 N–H and O–H groups in total. The Hall–Kier alpha value is -2.57. The van der Waals surface area contributed by atoms with E-state index < -0.39 is 0 Å². The first-order valence-corrected chi connectivity index (χ1v) is 9.89. The van der Waals surface area contributed by atoms with Crippen LogP contribution in [-0.2, 0) is 11.2 Å². The zero-order valence-corrected chi connectivity index (χ0v) is 16.0. The fourth-order valence-electron chi connectivity index (χ4n) is 3.24. The number of nitrogens with zero attached hydrogens (tertiary/aromatic N) is 3. The number of hydrogen-bond donors (Lipinski definition) is 0. The summed E-state index contributed by atoms with van der Waals surface area (Å²) in [7, 11) is 0. The summed E-state index contributed by atoms with van der Waals surface area (Å²) in [6.07, 6.45) is 0.580.